The molecule has 2 unspecified atom stereocenters. The van der Waals surface area contributed by atoms with Gasteiger partial charge in [0.15, 0.2) is 5.60 Å². The Hall–Kier alpha value is -2.82. The zero-order chi connectivity index (χ0) is 16.7. The van der Waals surface area contributed by atoms with Crippen LogP contribution in [-0.2, 0) is 15.1 Å². The molecule has 3 aromatic rings. The molecule has 1 fully saturated rings. The number of cyclic esters (lactones) is 1. The van der Waals surface area contributed by atoms with Crippen LogP contribution in [0.4, 0.5) is 5.82 Å². The van der Waals surface area contributed by atoms with Crippen LogP contribution in [0, 0.1) is 6.92 Å². The lowest BCUT2D eigenvalue weighted by molar-refractivity contribution is -0.149. The predicted molar refractivity (Wildman–Crippen MR) is 90.7 cm³/mol. The number of hydrogen-bond acceptors (Lipinski definition) is 5. The summed E-state index contributed by atoms with van der Waals surface area (Å²) in [6, 6.07) is 13.1. The lowest BCUT2D eigenvalue weighted by Crippen LogP contribution is -2.25. The Bertz CT molecular complexity index is 885. The topological polar surface area (TPSA) is 64.4 Å². The first kappa shape index (κ1) is 14.8. The highest BCUT2D eigenvalue weighted by atomic mass is 16.6. The molecule has 4 rings (SSSR count). The van der Waals surface area contributed by atoms with Gasteiger partial charge >= 0.3 is 5.97 Å². The summed E-state index contributed by atoms with van der Waals surface area (Å²) in [6.45, 7) is 3.87. The summed E-state index contributed by atoms with van der Waals surface area (Å²) < 4.78 is 11.6. The van der Waals surface area contributed by atoms with Crippen LogP contribution >= 0.6 is 0 Å². The summed E-state index contributed by atoms with van der Waals surface area (Å²) in [5.41, 5.74) is 1.10. The molecule has 0 amide bonds. The van der Waals surface area contributed by atoms with Crippen LogP contribution in [0.5, 0.6) is 0 Å². The molecule has 1 aliphatic rings. The zero-order valence-electron chi connectivity index (χ0n) is 13.6. The number of aryl methyl sites for hydroxylation is 1. The van der Waals surface area contributed by atoms with E-state index in [0.29, 0.717) is 18.0 Å². The number of pyridine rings is 1. The van der Waals surface area contributed by atoms with Crippen LogP contribution in [0.15, 0.2) is 53.1 Å². The van der Waals surface area contributed by atoms with Gasteiger partial charge in [-0.05, 0) is 43.7 Å². The SMILES string of the molecule is Cc1ccnc(NC2CC(C)(c3cc4ccccc4o3)OC2=O)c1. The minimum Gasteiger partial charge on any atom is -0.457 e. The minimum atomic E-state index is -0.780. The summed E-state index contributed by atoms with van der Waals surface area (Å²) in [4.78, 5) is 16.6. The van der Waals surface area contributed by atoms with Gasteiger partial charge in [-0.25, -0.2) is 9.78 Å². The van der Waals surface area contributed by atoms with Gasteiger partial charge in [-0.1, -0.05) is 18.2 Å². The van der Waals surface area contributed by atoms with E-state index in [0.717, 1.165) is 16.5 Å². The first-order chi connectivity index (χ1) is 11.5. The fraction of sp³-hybridized carbons (Fsp3) is 0.263. The molecule has 2 atom stereocenters. The number of benzene rings is 1. The van der Waals surface area contributed by atoms with E-state index in [1.54, 1.807) is 6.20 Å². The number of hydrogen-bond donors (Lipinski definition) is 1. The second-order valence-corrected chi connectivity index (χ2v) is 6.42. The molecule has 1 aliphatic heterocycles. The average molecular weight is 322 g/mol. The molecule has 1 saturated heterocycles. The summed E-state index contributed by atoms with van der Waals surface area (Å²) in [6.07, 6.45) is 2.21. The number of anilines is 1. The average Bonchev–Trinajstić information content (AvgIpc) is 3.10. The number of aromatic nitrogens is 1. The number of fused-ring (bicyclic) bond motifs is 1. The first-order valence-corrected chi connectivity index (χ1v) is 7.95. The van der Waals surface area contributed by atoms with Crippen molar-refractivity contribution in [3.63, 3.8) is 0 Å². The molecule has 1 N–H and O–H groups in total. The van der Waals surface area contributed by atoms with Crippen molar-refractivity contribution in [2.75, 3.05) is 5.32 Å². The summed E-state index contributed by atoms with van der Waals surface area (Å²) in [5.74, 6) is 1.05. The molecule has 0 saturated carbocycles. The van der Waals surface area contributed by atoms with E-state index < -0.39 is 11.6 Å². The second-order valence-electron chi connectivity index (χ2n) is 6.42. The van der Waals surface area contributed by atoms with Gasteiger partial charge in [0.05, 0.1) is 0 Å². The molecule has 5 nitrogen and oxygen atoms in total. The molecule has 0 bridgehead atoms. The molecule has 1 aromatic carbocycles. The fourth-order valence-corrected chi connectivity index (χ4v) is 3.10. The lowest BCUT2D eigenvalue weighted by atomic mass is 9.97. The van der Waals surface area contributed by atoms with Crippen LogP contribution < -0.4 is 5.32 Å². The second kappa shape index (κ2) is 5.37. The van der Waals surface area contributed by atoms with Crippen LogP contribution in [0.1, 0.15) is 24.7 Å². The minimum absolute atomic E-state index is 0.290. The Morgan fingerprint density at radius 1 is 1.25 bits per heavy atom. The number of rotatable bonds is 3. The quantitative estimate of drug-likeness (QED) is 0.744. The smallest absolute Gasteiger partial charge is 0.329 e. The van der Waals surface area contributed by atoms with Crippen LogP contribution in [0.3, 0.4) is 0 Å². The van der Waals surface area contributed by atoms with E-state index in [1.165, 1.54) is 0 Å². The third-order valence-electron chi connectivity index (χ3n) is 4.39. The summed E-state index contributed by atoms with van der Waals surface area (Å²) in [7, 11) is 0. The van der Waals surface area contributed by atoms with Crippen molar-refractivity contribution in [3.05, 3.63) is 60.0 Å². The molecule has 0 radical (unpaired) electrons. The maximum absolute atomic E-state index is 12.3. The van der Waals surface area contributed by atoms with Crippen molar-refractivity contribution in [1.29, 1.82) is 0 Å². The van der Waals surface area contributed by atoms with Crippen molar-refractivity contribution in [3.8, 4) is 0 Å². The molecule has 24 heavy (non-hydrogen) atoms. The van der Waals surface area contributed by atoms with Crippen molar-refractivity contribution in [1.82, 2.24) is 4.98 Å². The Kier molecular flexibility index (Phi) is 3.30. The molecule has 5 heteroatoms. The molecule has 122 valence electrons. The molecule has 3 heterocycles. The van der Waals surface area contributed by atoms with E-state index in [2.05, 4.69) is 10.3 Å². The number of carbonyl (C=O) groups excluding carboxylic acids is 1. The highest BCUT2D eigenvalue weighted by Gasteiger charge is 2.47. The van der Waals surface area contributed by atoms with Gasteiger partial charge in [0, 0.05) is 18.0 Å². The largest absolute Gasteiger partial charge is 0.457 e. The van der Waals surface area contributed by atoms with Crippen molar-refractivity contribution in [2.24, 2.45) is 0 Å². The van der Waals surface area contributed by atoms with Gasteiger partial charge in [-0.3, -0.25) is 0 Å². The van der Waals surface area contributed by atoms with Gasteiger partial charge < -0.3 is 14.5 Å². The highest BCUT2D eigenvalue weighted by molar-refractivity contribution is 5.83. The van der Waals surface area contributed by atoms with Gasteiger partial charge in [-0.2, -0.15) is 0 Å². The van der Waals surface area contributed by atoms with Crippen LogP contribution in [0.25, 0.3) is 11.0 Å². The number of ether oxygens (including phenoxy) is 1. The van der Waals surface area contributed by atoms with Crippen LogP contribution in [0.2, 0.25) is 0 Å². The number of furan rings is 1. The predicted octanol–water partition coefficient (Wildman–Crippen LogP) is 3.78. The van der Waals surface area contributed by atoms with E-state index in [4.69, 9.17) is 9.15 Å². The maximum atomic E-state index is 12.3. The first-order valence-electron chi connectivity index (χ1n) is 7.95. The fourth-order valence-electron chi connectivity index (χ4n) is 3.10. The van der Waals surface area contributed by atoms with Crippen molar-refractivity contribution < 1.29 is 13.9 Å². The molecule has 0 spiro atoms. The zero-order valence-corrected chi connectivity index (χ0v) is 13.6. The third kappa shape index (κ3) is 2.52. The highest BCUT2D eigenvalue weighted by Crippen LogP contribution is 2.39. The Morgan fingerprint density at radius 2 is 2.08 bits per heavy atom. The summed E-state index contributed by atoms with van der Waals surface area (Å²) in [5, 5.41) is 4.16. The standard InChI is InChI=1S/C19H18N2O3/c1-12-7-8-20-17(9-12)21-14-11-19(2,24-18(14)22)16-10-13-5-3-4-6-15(13)23-16/h3-10,14H,11H2,1-2H3,(H,20,21). The summed E-state index contributed by atoms with van der Waals surface area (Å²) >= 11 is 0. The molecular weight excluding hydrogens is 304 g/mol. The van der Waals surface area contributed by atoms with Gasteiger partial charge in [-0.15, -0.1) is 0 Å². The Morgan fingerprint density at radius 3 is 2.88 bits per heavy atom. The number of nitrogens with one attached hydrogen (secondary N) is 1. The number of para-hydroxylation sites is 1. The monoisotopic (exact) mass is 322 g/mol. The van der Waals surface area contributed by atoms with Gasteiger partial charge in [0.2, 0.25) is 0 Å². The molecule has 0 aliphatic carbocycles. The van der Waals surface area contributed by atoms with Crippen molar-refractivity contribution in [2.45, 2.75) is 31.9 Å². The van der Waals surface area contributed by atoms with Gasteiger partial charge in [0.1, 0.15) is 23.2 Å². The number of nitrogens with zero attached hydrogens (tertiary/aromatic N) is 1. The number of esters is 1. The normalized spacial score (nSPS) is 23.4. The van der Waals surface area contributed by atoms with E-state index in [1.807, 2.05) is 56.3 Å². The molecule has 2 aromatic heterocycles. The van der Waals surface area contributed by atoms with Crippen molar-refractivity contribution >= 4 is 22.8 Å². The van der Waals surface area contributed by atoms with E-state index in [-0.39, 0.29) is 5.97 Å². The van der Waals surface area contributed by atoms with Crippen LogP contribution in [-0.4, -0.2) is 17.0 Å². The maximum Gasteiger partial charge on any atom is 0.329 e. The lowest BCUT2D eigenvalue weighted by Gasteiger charge is -2.19. The molecular formula is C19H18N2O3. The van der Waals surface area contributed by atoms with E-state index >= 15 is 0 Å². The Labute approximate surface area is 139 Å². The third-order valence-corrected chi connectivity index (χ3v) is 4.39. The number of carbonyl (C=O) groups is 1. The van der Waals surface area contributed by atoms with Gasteiger partial charge in [0.25, 0.3) is 0 Å². The Balaban J connectivity index is 1.60. The van der Waals surface area contributed by atoms with E-state index in [9.17, 15) is 4.79 Å².